The highest BCUT2D eigenvalue weighted by Gasteiger charge is 2.45. The molecule has 0 aromatic heterocycles. The van der Waals surface area contributed by atoms with E-state index in [0.29, 0.717) is 0 Å². The van der Waals surface area contributed by atoms with Crippen molar-refractivity contribution in [1.82, 2.24) is 18.6 Å². The van der Waals surface area contributed by atoms with Crippen LogP contribution in [-0.4, -0.2) is 33.6 Å². The Labute approximate surface area is 110 Å². The molecule has 1 rings (SSSR count). The summed E-state index contributed by atoms with van der Waals surface area (Å²) in [6.07, 6.45) is 0. The molecule has 8 heteroatoms. The van der Waals surface area contributed by atoms with E-state index >= 15 is 0 Å². The van der Waals surface area contributed by atoms with Gasteiger partial charge in [0.05, 0.1) is 0 Å². The van der Waals surface area contributed by atoms with Gasteiger partial charge in [-0.2, -0.15) is 0 Å². The first-order valence-corrected chi connectivity index (χ1v) is 17.8. The second-order valence-electron chi connectivity index (χ2n) is 6.78. The zero-order valence-corrected chi connectivity index (χ0v) is 16.3. The van der Waals surface area contributed by atoms with Crippen LogP contribution in [-0.2, 0) is 0 Å². The Morgan fingerprint density at radius 1 is 0.647 bits per heavy atom. The lowest BCUT2D eigenvalue weighted by atomic mass is 11.3. The van der Waals surface area contributed by atoms with Crippen molar-refractivity contribution in [3.05, 3.63) is 12.3 Å². The van der Waals surface area contributed by atoms with Crippen molar-refractivity contribution in [1.29, 1.82) is 0 Å². The Morgan fingerprint density at radius 2 is 0.941 bits per heavy atom. The van der Waals surface area contributed by atoms with Gasteiger partial charge in [-0.3, -0.25) is 0 Å². The Kier molecular flexibility index (Phi) is 4.13. The summed E-state index contributed by atoms with van der Waals surface area (Å²) in [6.45, 7) is 20.5. The number of hydrogen-bond donors (Lipinski definition) is 4. The van der Waals surface area contributed by atoms with Gasteiger partial charge in [-0.25, -0.2) is 0 Å². The summed E-state index contributed by atoms with van der Waals surface area (Å²) >= 11 is 0. The summed E-state index contributed by atoms with van der Waals surface area (Å²) in [5.41, 5.74) is 2.12. The molecule has 100 valence electrons. The van der Waals surface area contributed by atoms with E-state index in [2.05, 4.69) is 76.7 Å². The third-order valence-electron chi connectivity index (χ3n) is 2.80. The third kappa shape index (κ3) is 4.56. The molecule has 4 N–H and O–H groups in total. The Balaban J connectivity index is 3.06. The molecule has 1 aliphatic heterocycles. The molecule has 0 unspecified atom stereocenters. The Hall–Kier alpha value is 0.448. The molecule has 4 nitrogen and oxygen atoms in total. The predicted molar refractivity (Wildman–Crippen MR) is 86.8 cm³/mol. The number of hydrogen-bond acceptors (Lipinski definition) is 4. The average molecular weight is 305 g/mol. The molecule has 0 spiro atoms. The van der Waals surface area contributed by atoms with E-state index in [4.69, 9.17) is 0 Å². The molecule has 1 heterocycles. The van der Waals surface area contributed by atoms with E-state index in [0.717, 1.165) is 0 Å². The van der Waals surface area contributed by atoms with Crippen LogP contribution in [0.4, 0.5) is 0 Å². The van der Waals surface area contributed by atoms with E-state index in [1.54, 1.807) is 0 Å². The van der Waals surface area contributed by atoms with E-state index < -0.39 is 33.6 Å². The van der Waals surface area contributed by atoms with E-state index in [-0.39, 0.29) is 0 Å². The Bertz CT molecular complexity index is 294. The summed E-state index contributed by atoms with van der Waals surface area (Å²) in [5.74, 6) is 0. The molecule has 0 amide bonds. The monoisotopic (exact) mass is 304 g/mol. The van der Waals surface area contributed by atoms with Crippen LogP contribution in [0.3, 0.4) is 0 Å². The minimum absolute atomic E-state index is 1.53. The summed E-state index contributed by atoms with van der Waals surface area (Å²) in [4.78, 5) is 0. The quantitative estimate of drug-likeness (QED) is 0.551. The first-order chi connectivity index (χ1) is 7.39. The standard InChI is InChI=1S/C9H28N4Si4/c1-9-17(8)12-15(4,5)10-14(2,3)11-16(6,7)13-17/h9-13H,1H2,2-8H3. The van der Waals surface area contributed by atoms with Crippen molar-refractivity contribution in [3.63, 3.8) is 0 Å². The van der Waals surface area contributed by atoms with Crippen molar-refractivity contribution in [2.75, 3.05) is 0 Å². The first kappa shape index (κ1) is 15.5. The Morgan fingerprint density at radius 3 is 1.24 bits per heavy atom. The van der Waals surface area contributed by atoms with Crippen molar-refractivity contribution >= 4 is 33.6 Å². The summed E-state index contributed by atoms with van der Waals surface area (Å²) in [6, 6.07) is 0. The maximum Gasteiger partial charge on any atom is 0.211 e. The fourth-order valence-electron chi connectivity index (χ4n) is 3.09. The van der Waals surface area contributed by atoms with Crippen molar-refractivity contribution in [3.8, 4) is 0 Å². The van der Waals surface area contributed by atoms with Gasteiger partial charge in [0.15, 0.2) is 25.2 Å². The molecular weight excluding hydrogens is 276 g/mol. The largest absolute Gasteiger partial charge is 0.336 e. The summed E-state index contributed by atoms with van der Waals surface area (Å²) in [7, 11) is -6.43. The molecular formula is C9H28N4Si4. The number of rotatable bonds is 1. The molecule has 0 bridgehead atoms. The molecule has 17 heavy (non-hydrogen) atoms. The topological polar surface area (TPSA) is 48.1 Å². The lowest BCUT2D eigenvalue weighted by Gasteiger charge is -2.49. The van der Waals surface area contributed by atoms with Crippen molar-refractivity contribution in [2.45, 2.75) is 45.8 Å². The summed E-state index contributed by atoms with van der Waals surface area (Å²) in [5, 5.41) is 0. The maximum atomic E-state index is 4.03. The van der Waals surface area contributed by atoms with Crippen LogP contribution < -0.4 is 18.6 Å². The van der Waals surface area contributed by atoms with E-state index in [1.807, 2.05) is 0 Å². The maximum absolute atomic E-state index is 4.03. The van der Waals surface area contributed by atoms with Gasteiger partial charge in [-0.05, 0) is 45.8 Å². The van der Waals surface area contributed by atoms with Crippen LogP contribution in [0.2, 0.25) is 45.8 Å². The molecule has 1 saturated heterocycles. The normalized spacial score (nSPS) is 30.1. The van der Waals surface area contributed by atoms with Gasteiger partial charge in [0.2, 0.25) is 8.40 Å². The lowest BCUT2D eigenvalue weighted by molar-refractivity contribution is 1.05. The van der Waals surface area contributed by atoms with Crippen LogP contribution >= 0.6 is 0 Å². The number of nitrogens with one attached hydrogen (secondary N) is 4. The van der Waals surface area contributed by atoms with Gasteiger partial charge in [0.1, 0.15) is 0 Å². The van der Waals surface area contributed by atoms with Gasteiger partial charge in [0.25, 0.3) is 0 Å². The smallest absolute Gasteiger partial charge is 0.211 e. The fraction of sp³-hybridized carbons (Fsp3) is 0.778. The molecule has 0 atom stereocenters. The van der Waals surface area contributed by atoms with Gasteiger partial charge < -0.3 is 18.6 Å². The van der Waals surface area contributed by atoms with Crippen LogP contribution in [0.1, 0.15) is 0 Å². The highest BCUT2D eigenvalue weighted by atomic mass is 28.5. The molecule has 0 aromatic carbocycles. The van der Waals surface area contributed by atoms with E-state index in [1.165, 1.54) is 0 Å². The first-order valence-electron chi connectivity index (χ1n) is 6.20. The fourth-order valence-corrected chi connectivity index (χ4v) is 30.0. The molecule has 0 saturated carbocycles. The second kappa shape index (κ2) is 4.53. The third-order valence-corrected chi connectivity index (χ3v) is 22.8. The summed E-state index contributed by atoms with van der Waals surface area (Å²) < 4.78 is 15.6. The highest BCUT2D eigenvalue weighted by molar-refractivity contribution is 7.06. The van der Waals surface area contributed by atoms with Crippen LogP contribution in [0.25, 0.3) is 0 Å². The van der Waals surface area contributed by atoms with Crippen LogP contribution in [0.15, 0.2) is 12.3 Å². The van der Waals surface area contributed by atoms with Gasteiger partial charge in [0, 0.05) is 0 Å². The average Bonchev–Trinajstić information content (AvgIpc) is 1.93. The van der Waals surface area contributed by atoms with Gasteiger partial charge >= 0.3 is 0 Å². The molecule has 1 aliphatic rings. The van der Waals surface area contributed by atoms with E-state index in [9.17, 15) is 0 Å². The lowest BCUT2D eigenvalue weighted by Crippen LogP contribution is -2.88. The molecule has 0 aliphatic carbocycles. The highest BCUT2D eigenvalue weighted by Crippen LogP contribution is 2.12. The van der Waals surface area contributed by atoms with Crippen molar-refractivity contribution in [2.24, 2.45) is 0 Å². The zero-order valence-electron chi connectivity index (χ0n) is 12.3. The van der Waals surface area contributed by atoms with Crippen molar-refractivity contribution < 1.29 is 0 Å². The second-order valence-corrected chi connectivity index (χ2v) is 23.3. The SMILES string of the molecule is C=C[Si]1(C)N[Si](C)(C)N[Si](C)(C)N[Si](C)(C)N1. The van der Waals surface area contributed by atoms with Gasteiger partial charge in [-0.15, -0.1) is 6.58 Å². The minimum atomic E-state index is -1.74. The van der Waals surface area contributed by atoms with Crippen LogP contribution in [0, 0.1) is 0 Å². The van der Waals surface area contributed by atoms with Gasteiger partial charge in [-0.1, -0.05) is 5.70 Å². The predicted octanol–water partition coefficient (Wildman–Crippen LogP) is 1.26. The van der Waals surface area contributed by atoms with Crippen LogP contribution in [0.5, 0.6) is 0 Å². The zero-order chi connectivity index (χ0) is 13.5. The minimum Gasteiger partial charge on any atom is -0.336 e. The molecule has 1 fully saturated rings. The molecule has 0 aromatic rings. The molecule has 0 radical (unpaired) electrons.